The minimum absolute atomic E-state index is 0.227. The van der Waals surface area contributed by atoms with Gasteiger partial charge in [-0.1, -0.05) is 17.3 Å². The van der Waals surface area contributed by atoms with Crippen molar-refractivity contribution in [2.75, 3.05) is 7.11 Å². The van der Waals surface area contributed by atoms with Crippen molar-refractivity contribution in [3.63, 3.8) is 0 Å². The molecule has 0 unspecified atom stereocenters. The van der Waals surface area contributed by atoms with Crippen molar-refractivity contribution in [1.29, 1.82) is 0 Å². The van der Waals surface area contributed by atoms with Crippen LogP contribution in [0.1, 0.15) is 5.56 Å². The number of rotatable bonds is 2. The van der Waals surface area contributed by atoms with E-state index in [1.54, 1.807) is 18.2 Å². The standard InChI is InChI=1S/C8H9NO2/c1-11-9-6-7-3-2-4-8(10)5-7/h2-6,10H,1H3/b9-6+. The Balaban J connectivity index is 2.79. The van der Waals surface area contributed by atoms with Crippen LogP contribution >= 0.6 is 0 Å². The summed E-state index contributed by atoms with van der Waals surface area (Å²) in [6, 6.07) is 6.77. The lowest BCUT2D eigenvalue weighted by Crippen LogP contribution is -1.80. The van der Waals surface area contributed by atoms with E-state index in [0.717, 1.165) is 5.56 Å². The van der Waals surface area contributed by atoms with Crippen LogP contribution in [-0.4, -0.2) is 18.4 Å². The van der Waals surface area contributed by atoms with Gasteiger partial charge >= 0.3 is 0 Å². The molecule has 0 aromatic heterocycles. The molecule has 1 aromatic carbocycles. The van der Waals surface area contributed by atoms with E-state index in [2.05, 4.69) is 9.99 Å². The van der Waals surface area contributed by atoms with Crippen molar-refractivity contribution in [2.45, 2.75) is 0 Å². The Hall–Kier alpha value is -1.51. The van der Waals surface area contributed by atoms with Gasteiger partial charge < -0.3 is 9.94 Å². The molecular weight excluding hydrogens is 142 g/mol. The minimum Gasteiger partial charge on any atom is -0.508 e. The summed E-state index contributed by atoms with van der Waals surface area (Å²) in [4.78, 5) is 4.47. The van der Waals surface area contributed by atoms with Gasteiger partial charge in [-0.15, -0.1) is 0 Å². The van der Waals surface area contributed by atoms with Gasteiger partial charge in [-0.2, -0.15) is 0 Å². The summed E-state index contributed by atoms with van der Waals surface area (Å²) >= 11 is 0. The van der Waals surface area contributed by atoms with E-state index in [1.165, 1.54) is 13.3 Å². The number of hydrogen-bond donors (Lipinski definition) is 1. The summed E-state index contributed by atoms with van der Waals surface area (Å²) < 4.78 is 0. The molecule has 1 aromatic rings. The van der Waals surface area contributed by atoms with Gasteiger partial charge in [0.15, 0.2) is 0 Å². The molecule has 0 radical (unpaired) electrons. The molecule has 0 bridgehead atoms. The fraction of sp³-hybridized carbons (Fsp3) is 0.125. The first-order valence-electron chi connectivity index (χ1n) is 3.18. The van der Waals surface area contributed by atoms with Crippen LogP contribution in [0.4, 0.5) is 0 Å². The van der Waals surface area contributed by atoms with Crippen LogP contribution in [0, 0.1) is 0 Å². The molecule has 11 heavy (non-hydrogen) atoms. The Labute approximate surface area is 64.9 Å². The largest absolute Gasteiger partial charge is 0.508 e. The first kappa shape index (κ1) is 7.60. The maximum atomic E-state index is 9.01. The van der Waals surface area contributed by atoms with Crippen molar-refractivity contribution in [1.82, 2.24) is 0 Å². The Bertz CT molecular complexity index is 258. The van der Waals surface area contributed by atoms with Gasteiger partial charge in [0.1, 0.15) is 12.9 Å². The number of oxime groups is 1. The molecule has 58 valence electrons. The van der Waals surface area contributed by atoms with E-state index >= 15 is 0 Å². The maximum Gasteiger partial charge on any atom is 0.116 e. The molecule has 0 saturated carbocycles. The van der Waals surface area contributed by atoms with E-state index in [-0.39, 0.29) is 5.75 Å². The SMILES string of the molecule is CO/N=C/c1cccc(O)c1. The summed E-state index contributed by atoms with van der Waals surface area (Å²) in [7, 11) is 1.47. The molecule has 0 aliphatic rings. The predicted molar refractivity (Wildman–Crippen MR) is 42.7 cm³/mol. The highest BCUT2D eigenvalue weighted by molar-refractivity contribution is 5.79. The van der Waals surface area contributed by atoms with Crippen LogP contribution in [0.2, 0.25) is 0 Å². The molecule has 0 aliphatic carbocycles. The Morgan fingerprint density at radius 3 is 3.00 bits per heavy atom. The van der Waals surface area contributed by atoms with Gasteiger partial charge in [-0.25, -0.2) is 0 Å². The Kier molecular flexibility index (Phi) is 2.49. The lowest BCUT2D eigenvalue weighted by molar-refractivity contribution is 0.215. The molecule has 3 heteroatoms. The van der Waals surface area contributed by atoms with Crippen molar-refractivity contribution in [3.05, 3.63) is 29.8 Å². The summed E-state index contributed by atoms with van der Waals surface area (Å²) in [5, 5.41) is 12.6. The second-order valence-corrected chi connectivity index (χ2v) is 2.01. The van der Waals surface area contributed by atoms with Crippen LogP contribution in [0.3, 0.4) is 0 Å². The van der Waals surface area contributed by atoms with Gasteiger partial charge in [0.25, 0.3) is 0 Å². The number of aromatic hydroxyl groups is 1. The number of hydrogen-bond acceptors (Lipinski definition) is 3. The molecule has 3 nitrogen and oxygen atoms in total. The average molecular weight is 151 g/mol. The third-order valence-electron chi connectivity index (χ3n) is 1.18. The van der Waals surface area contributed by atoms with E-state index < -0.39 is 0 Å². The zero-order valence-corrected chi connectivity index (χ0v) is 6.19. The molecule has 0 atom stereocenters. The second kappa shape index (κ2) is 3.61. The highest BCUT2D eigenvalue weighted by Gasteiger charge is 1.88. The normalized spacial score (nSPS) is 10.3. The van der Waals surface area contributed by atoms with E-state index in [4.69, 9.17) is 5.11 Å². The molecule has 0 saturated heterocycles. The zero-order chi connectivity index (χ0) is 8.10. The maximum absolute atomic E-state index is 9.01. The van der Waals surface area contributed by atoms with Gasteiger partial charge in [0.05, 0.1) is 6.21 Å². The first-order chi connectivity index (χ1) is 5.33. The van der Waals surface area contributed by atoms with E-state index in [9.17, 15) is 0 Å². The lowest BCUT2D eigenvalue weighted by atomic mass is 10.2. The van der Waals surface area contributed by atoms with Crippen LogP contribution in [0.15, 0.2) is 29.4 Å². The van der Waals surface area contributed by atoms with E-state index in [0.29, 0.717) is 0 Å². The molecule has 1 rings (SSSR count). The summed E-state index contributed by atoms with van der Waals surface area (Å²) in [6.07, 6.45) is 1.53. The monoisotopic (exact) mass is 151 g/mol. The molecular formula is C8H9NO2. The molecule has 0 heterocycles. The van der Waals surface area contributed by atoms with Crippen LogP contribution in [-0.2, 0) is 4.84 Å². The Morgan fingerprint density at radius 2 is 2.36 bits per heavy atom. The number of benzene rings is 1. The van der Waals surface area contributed by atoms with Crippen molar-refractivity contribution in [2.24, 2.45) is 5.16 Å². The summed E-state index contributed by atoms with van der Waals surface area (Å²) in [6.45, 7) is 0. The molecule has 0 amide bonds. The van der Waals surface area contributed by atoms with Crippen LogP contribution < -0.4 is 0 Å². The quantitative estimate of drug-likeness (QED) is 0.512. The second-order valence-electron chi connectivity index (χ2n) is 2.01. The topological polar surface area (TPSA) is 41.8 Å². The highest BCUT2D eigenvalue weighted by atomic mass is 16.6. The third-order valence-corrected chi connectivity index (χ3v) is 1.18. The summed E-state index contributed by atoms with van der Waals surface area (Å²) in [5.41, 5.74) is 0.812. The van der Waals surface area contributed by atoms with Crippen LogP contribution in [0.5, 0.6) is 5.75 Å². The predicted octanol–water partition coefficient (Wildman–Crippen LogP) is 1.37. The fourth-order valence-electron chi connectivity index (χ4n) is 0.719. The van der Waals surface area contributed by atoms with Crippen molar-refractivity contribution in [3.8, 4) is 5.75 Å². The molecule has 1 N–H and O–H groups in total. The zero-order valence-electron chi connectivity index (χ0n) is 6.19. The van der Waals surface area contributed by atoms with Gasteiger partial charge in [-0.3, -0.25) is 0 Å². The average Bonchev–Trinajstić information content (AvgIpc) is 2.01. The van der Waals surface area contributed by atoms with Gasteiger partial charge in [0, 0.05) is 0 Å². The van der Waals surface area contributed by atoms with Crippen molar-refractivity contribution < 1.29 is 9.94 Å². The minimum atomic E-state index is 0.227. The molecule has 0 spiro atoms. The lowest BCUT2D eigenvalue weighted by Gasteiger charge is -1.92. The van der Waals surface area contributed by atoms with Crippen molar-refractivity contribution >= 4 is 6.21 Å². The molecule has 0 aliphatic heterocycles. The van der Waals surface area contributed by atoms with Crippen LogP contribution in [0.25, 0.3) is 0 Å². The summed E-state index contributed by atoms with van der Waals surface area (Å²) in [5.74, 6) is 0.227. The first-order valence-corrected chi connectivity index (χ1v) is 3.18. The molecule has 0 fully saturated rings. The number of phenolic OH excluding ortho intramolecular Hbond substituents is 1. The third kappa shape index (κ3) is 2.29. The van der Waals surface area contributed by atoms with Gasteiger partial charge in [0.2, 0.25) is 0 Å². The highest BCUT2D eigenvalue weighted by Crippen LogP contribution is 2.08. The fourth-order valence-corrected chi connectivity index (χ4v) is 0.719. The number of nitrogens with zero attached hydrogens (tertiary/aromatic N) is 1. The number of phenols is 1. The smallest absolute Gasteiger partial charge is 0.116 e. The van der Waals surface area contributed by atoms with Gasteiger partial charge in [-0.05, 0) is 17.7 Å². The Morgan fingerprint density at radius 1 is 1.55 bits per heavy atom. The van der Waals surface area contributed by atoms with E-state index in [1.807, 2.05) is 6.07 Å².